The fourth-order valence-electron chi connectivity index (χ4n) is 2.93. The van der Waals surface area contributed by atoms with E-state index in [1.54, 1.807) is 22.9 Å². The Bertz CT molecular complexity index is 986. The zero-order chi connectivity index (χ0) is 19.0. The fraction of sp³-hybridized carbons (Fsp3) is 0.105. The largest absolute Gasteiger partial charge is 0.334 e. The lowest BCUT2D eigenvalue weighted by molar-refractivity contribution is -0.139. The van der Waals surface area contributed by atoms with Gasteiger partial charge in [0.05, 0.1) is 24.0 Å². The van der Waals surface area contributed by atoms with Crippen molar-refractivity contribution in [2.75, 3.05) is 0 Å². The Labute approximate surface area is 152 Å². The van der Waals surface area contributed by atoms with Crippen molar-refractivity contribution >= 4 is 11.8 Å². The lowest BCUT2D eigenvalue weighted by Gasteiger charge is -2.23. The first-order valence-electron chi connectivity index (χ1n) is 8.10. The fourth-order valence-corrected chi connectivity index (χ4v) is 2.93. The molecule has 3 aromatic rings. The molecule has 0 radical (unpaired) electrons. The topological polar surface area (TPSA) is 64.4 Å². The van der Waals surface area contributed by atoms with Gasteiger partial charge in [-0.1, -0.05) is 18.2 Å². The first-order valence-corrected chi connectivity index (χ1v) is 8.10. The van der Waals surface area contributed by atoms with Crippen LogP contribution < -0.4 is 0 Å². The van der Waals surface area contributed by atoms with E-state index >= 15 is 0 Å². The molecule has 0 saturated heterocycles. The van der Waals surface area contributed by atoms with E-state index in [0.29, 0.717) is 5.06 Å². The molecule has 0 fully saturated rings. The van der Waals surface area contributed by atoms with E-state index in [0.717, 1.165) is 12.1 Å². The zero-order valence-electron chi connectivity index (χ0n) is 13.9. The number of imide groups is 1. The second-order valence-corrected chi connectivity index (χ2v) is 5.97. The molecule has 1 aliphatic rings. The van der Waals surface area contributed by atoms with Crippen LogP contribution in [0.3, 0.4) is 0 Å². The van der Waals surface area contributed by atoms with Gasteiger partial charge in [0.15, 0.2) is 0 Å². The summed E-state index contributed by atoms with van der Waals surface area (Å²) in [7, 11) is 0. The maximum atomic E-state index is 14.3. The molecule has 0 N–H and O–H groups in total. The minimum atomic E-state index is -1.05. The van der Waals surface area contributed by atoms with E-state index in [-0.39, 0.29) is 23.2 Å². The van der Waals surface area contributed by atoms with Gasteiger partial charge in [0.25, 0.3) is 11.8 Å². The van der Waals surface area contributed by atoms with Crippen LogP contribution in [0.25, 0.3) is 0 Å². The third-order valence-corrected chi connectivity index (χ3v) is 4.23. The van der Waals surface area contributed by atoms with Gasteiger partial charge >= 0.3 is 0 Å². The highest BCUT2D eigenvalue weighted by Gasteiger charge is 2.38. The number of carbonyl (C=O) groups excluding carboxylic acids is 2. The SMILES string of the molecule is O=C1c2ccccc2C(=O)N1OC(Cn1ccnc1)c1ccc(F)cc1F. The summed E-state index contributed by atoms with van der Waals surface area (Å²) in [4.78, 5) is 34.6. The molecule has 0 aliphatic carbocycles. The number of imidazole rings is 1. The summed E-state index contributed by atoms with van der Waals surface area (Å²) >= 11 is 0. The number of halogens is 2. The number of hydrogen-bond acceptors (Lipinski definition) is 4. The molecule has 1 unspecified atom stereocenters. The molecule has 1 aliphatic heterocycles. The van der Waals surface area contributed by atoms with Crippen molar-refractivity contribution in [2.24, 2.45) is 0 Å². The maximum Gasteiger partial charge on any atom is 0.285 e. The smallest absolute Gasteiger partial charge is 0.285 e. The van der Waals surface area contributed by atoms with E-state index in [1.807, 2.05) is 0 Å². The number of carbonyl (C=O) groups is 2. The summed E-state index contributed by atoms with van der Waals surface area (Å²) in [6.07, 6.45) is 3.59. The standard InChI is InChI=1S/C19H13F2N3O3/c20-12-5-6-15(16(21)9-12)17(10-23-8-7-22-11-23)27-24-18(25)13-3-1-2-4-14(13)19(24)26/h1-9,11,17H,10H2. The molecule has 0 saturated carbocycles. The molecular formula is C19H13F2N3O3. The molecule has 2 aromatic carbocycles. The molecule has 1 atom stereocenters. The van der Waals surface area contributed by atoms with Crippen LogP contribution in [0.2, 0.25) is 0 Å². The van der Waals surface area contributed by atoms with E-state index in [9.17, 15) is 18.4 Å². The minimum absolute atomic E-state index is 0.0154. The highest BCUT2D eigenvalue weighted by molar-refractivity contribution is 6.20. The first-order chi connectivity index (χ1) is 13.0. The molecule has 0 bridgehead atoms. The number of aromatic nitrogens is 2. The van der Waals surface area contributed by atoms with Crippen LogP contribution in [0.15, 0.2) is 61.2 Å². The maximum absolute atomic E-state index is 14.3. The summed E-state index contributed by atoms with van der Waals surface area (Å²) in [6, 6.07) is 9.34. The van der Waals surface area contributed by atoms with Crippen molar-refractivity contribution in [3.05, 3.63) is 89.5 Å². The van der Waals surface area contributed by atoms with Crippen LogP contribution in [-0.2, 0) is 11.4 Å². The zero-order valence-corrected chi connectivity index (χ0v) is 13.9. The second-order valence-electron chi connectivity index (χ2n) is 5.97. The van der Waals surface area contributed by atoms with Crippen molar-refractivity contribution in [2.45, 2.75) is 12.6 Å². The van der Waals surface area contributed by atoms with E-state index in [1.165, 1.54) is 30.7 Å². The Morgan fingerprint density at radius 2 is 1.74 bits per heavy atom. The van der Waals surface area contributed by atoms with Gasteiger partial charge in [-0.25, -0.2) is 13.8 Å². The van der Waals surface area contributed by atoms with Crippen molar-refractivity contribution in [3.63, 3.8) is 0 Å². The van der Waals surface area contributed by atoms with Crippen molar-refractivity contribution in [1.82, 2.24) is 14.6 Å². The Morgan fingerprint density at radius 1 is 1.04 bits per heavy atom. The molecule has 136 valence electrons. The normalized spacial score (nSPS) is 14.5. The number of benzene rings is 2. The number of hydroxylamine groups is 2. The molecule has 0 spiro atoms. The van der Waals surface area contributed by atoms with E-state index in [2.05, 4.69) is 4.98 Å². The predicted octanol–water partition coefficient (Wildman–Crippen LogP) is 3.13. The third-order valence-electron chi connectivity index (χ3n) is 4.23. The average Bonchev–Trinajstić information content (AvgIpc) is 3.24. The average molecular weight is 369 g/mol. The van der Waals surface area contributed by atoms with Crippen LogP contribution >= 0.6 is 0 Å². The first kappa shape index (κ1) is 17.0. The molecule has 2 amide bonds. The van der Waals surface area contributed by atoms with E-state index in [4.69, 9.17) is 4.84 Å². The van der Waals surface area contributed by atoms with Gasteiger partial charge in [-0.3, -0.25) is 14.4 Å². The molecule has 27 heavy (non-hydrogen) atoms. The van der Waals surface area contributed by atoms with Crippen LogP contribution in [0.1, 0.15) is 32.4 Å². The Hall–Kier alpha value is -3.39. The number of fused-ring (bicyclic) bond motifs is 1. The van der Waals surface area contributed by atoms with Gasteiger partial charge in [0, 0.05) is 24.0 Å². The molecule has 1 aromatic heterocycles. The number of nitrogens with zero attached hydrogens (tertiary/aromatic N) is 3. The lowest BCUT2D eigenvalue weighted by Crippen LogP contribution is -2.33. The van der Waals surface area contributed by atoms with Gasteiger partial charge < -0.3 is 4.57 Å². The quantitative estimate of drug-likeness (QED) is 0.648. The van der Waals surface area contributed by atoms with Crippen LogP contribution in [-0.4, -0.2) is 26.4 Å². The number of rotatable bonds is 5. The predicted molar refractivity (Wildman–Crippen MR) is 89.4 cm³/mol. The van der Waals surface area contributed by atoms with Gasteiger partial charge in [-0.2, -0.15) is 0 Å². The lowest BCUT2D eigenvalue weighted by atomic mass is 10.1. The Kier molecular flexibility index (Phi) is 4.25. The minimum Gasteiger partial charge on any atom is -0.334 e. The second kappa shape index (κ2) is 6.73. The number of hydrogen-bond donors (Lipinski definition) is 0. The summed E-state index contributed by atoms with van der Waals surface area (Å²) in [5.41, 5.74) is 0.438. The molecule has 4 rings (SSSR count). The Morgan fingerprint density at radius 3 is 2.33 bits per heavy atom. The summed E-state index contributed by atoms with van der Waals surface area (Å²) < 4.78 is 29.2. The number of amides is 2. The summed E-state index contributed by atoms with van der Waals surface area (Å²) in [5, 5.41) is 0.620. The summed E-state index contributed by atoms with van der Waals surface area (Å²) in [6.45, 7) is 0.0654. The van der Waals surface area contributed by atoms with Crippen LogP contribution in [0.4, 0.5) is 8.78 Å². The van der Waals surface area contributed by atoms with Gasteiger partial charge in [-0.05, 0) is 18.2 Å². The van der Waals surface area contributed by atoms with Gasteiger partial charge in [-0.15, -0.1) is 5.06 Å². The van der Waals surface area contributed by atoms with Gasteiger partial charge in [0.1, 0.15) is 17.7 Å². The molecule has 8 heteroatoms. The molecule has 6 nitrogen and oxygen atoms in total. The Balaban J connectivity index is 1.68. The molecular weight excluding hydrogens is 356 g/mol. The highest BCUT2D eigenvalue weighted by atomic mass is 19.1. The van der Waals surface area contributed by atoms with Gasteiger partial charge in [0.2, 0.25) is 0 Å². The molecule has 2 heterocycles. The van der Waals surface area contributed by atoms with Crippen LogP contribution in [0.5, 0.6) is 0 Å². The van der Waals surface area contributed by atoms with Crippen molar-refractivity contribution in [1.29, 1.82) is 0 Å². The third kappa shape index (κ3) is 3.11. The summed E-state index contributed by atoms with van der Waals surface area (Å²) in [5.74, 6) is -2.84. The van der Waals surface area contributed by atoms with Crippen LogP contribution in [0, 0.1) is 11.6 Å². The highest BCUT2D eigenvalue weighted by Crippen LogP contribution is 2.29. The van der Waals surface area contributed by atoms with Crippen molar-refractivity contribution in [3.8, 4) is 0 Å². The van der Waals surface area contributed by atoms with E-state index < -0.39 is 29.6 Å². The monoisotopic (exact) mass is 369 g/mol. The van der Waals surface area contributed by atoms with Crippen molar-refractivity contribution < 1.29 is 23.2 Å².